The molecule has 2 aromatic carbocycles. The van der Waals surface area contributed by atoms with Crippen LogP contribution in [0.4, 0.5) is 13.2 Å². The smallest absolute Gasteiger partial charge is 0.232 e. The van der Waals surface area contributed by atoms with Gasteiger partial charge in [-0.2, -0.15) is 18.3 Å². The number of alkyl halides is 3. The molecule has 0 aliphatic heterocycles. The van der Waals surface area contributed by atoms with Crippen molar-refractivity contribution in [3.63, 3.8) is 0 Å². The summed E-state index contributed by atoms with van der Waals surface area (Å²) in [4.78, 5) is -0.136. The molecule has 5 nitrogen and oxygen atoms in total. The van der Waals surface area contributed by atoms with Crippen LogP contribution >= 0.6 is 0 Å². The van der Waals surface area contributed by atoms with Crippen molar-refractivity contribution in [1.82, 2.24) is 9.78 Å². The van der Waals surface area contributed by atoms with E-state index < -0.39 is 21.9 Å². The molecule has 0 spiro atoms. The number of aryl methyl sites for hydroxylation is 1. The molecule has 142 valence electrons. The van der Waals surface area contributed by atoms with E-state index in [1.165, 1.54) is 35.9 Å². The van der Waals surface area contributed by atoms with Crippen LogP contribution in [-0.4, -0.2) is 18.2 Å². The second-order valence-corrected chi connectivity index (χ2v) is 7.65. The minimum absolute atomic E-state index is 0.00711. The van der Waals surface area contributed by atoms with E-state index >= 15 is 0 Å². The predicted molar refractivity (Wildman–Crippen MR) is 94.8 cm³/mol. The zero-order valence-electron chi connectivity index (χ0n) is 14.4. The second-order valence-electron chi connectivity index (χ2n) is 6.09. The number of halogens is 3. The van der Waals surface area contributed by atoms with Crippen LogP contribution in [0.1, 0.15) is 16.8 Å². The number of aromatic nitrogens is 2. The molecule has 9 heteroatoms. The monoisotopic (exact) mass is 395 g/mol. The molecule has 1 aromatic heterocycles. The van der Waals surface area contributed by atoms with E-state index in [9.17, 15) is 21.6 Å². The van der Waals surface area contributed by atoms with Gasteiger partial charge in [0.25, 0.3) is 0 Å². The van der Waals surface area contributed by atoms with Gasteiger partial charge in [-0.3, -0.25) is 0 Å². The summed E-state index contributed by atoms with van der Waals surface area (Å²) in [5.74, 6) is 0. The minimum atomic E-state index is -4.62. The van der Waals surface area contributed by atoms with Crippen molar-refractivity contribution in [2.24, 2.45) is 5.14 Å². The van der Waals surface area contributed by atoms with E-state index in [2.05, 4.69) is 5.10 Å². The molecule has 0 amide bonds. The van der Waals surface area contributed by atoms with Gasteiger partial charge < -0.3 is 0 Å². The van der Waals surface area contributed by atoms with Crippen molar-refractivity contribution in [2.45, 2.75) is 24.9 Å². The first kappa shape index (κ1) is 19.1. The van der Waals surface area contributed by atoms with E-state index in [4.69, 9.17) is 5.14 Å². The summed E-state index contributed by atoms with van der Waals surface area (Å²) in [5.41, 5.74) is 0.983. The molecule has 0 unspecified atom stereocenters. The third kappa shape index (κ3) is 3.60. The van der Waals surface area contributed by atoms with Crippen LogP contribution in [0.5, 0.6) is 0 Å². The molecule has 0 fully saturated rings. The Morgan fingerprint density at radius 2 is 1.59 bits per heavy atom. The zero-order valence-corrected chi connectivity index (χ0v) is 15.3. The molecule has 0 aliphatic rings. The zero-order chi connectivity index (χ0) is 20.0. The first-order valence-electron chi connectivity index (χ1n) is 7.86. The van der Waals surface area contributed by atoms with Crippen molar-refractivity contribution in [1.29, 1.82) is 0 Å². The van der Waals surface area contributed by atoms with Crippen LogP contribution in [0.3, 0.4) is 0 Å². The average molecular weight is 395 g/mol. The van der Waals surface area contributed by atoms with Crippen LogP contribution in [0.25, 0.3) is 16.9 Å². The van der Waals surface area contributed by atoms with E-state index in [1.807, 2.05) is 0 Å². The molecular formula is C18H16F3N3O2S. The maximum absolute atomic E-state index is 13.4. The Hall–Kier alpha value is -2.65. The van der Waals surface area contributed by atoms with Gasteiger partial charge >= 0.3 is 6.18 Å². The summed E-state index contributed by atoms with van der Waals surface area (Å²) >= 11 is 0. The molecular weight excluding hydrogens is 379 g/mol. The van der Waals surface area contributed by atoms with Crippen molar-refractivity contribution in [3.8, 4) is 16.9 Å². The van der Waals surface area contributed by atoms with Crippen LogP contribution in [0.15, 0.2) is 53.4 Å². The Balaban J connectivity index is 2.28. The third-order valence-corrected chi connectivity index (χ3v) is 5.13. The first-order chi connectivity index (χ1) is 12.5. The van der Waals surface area contributed by atoms with E-state index in [-0.39, 0.29) is 10.5 Å². The van der Waals surface area contributed by atoms with Gasteiger partial charge in [-0.1, -0.05) is 24.3 Å². The molecule has 0 atom stereocenters. The lowest BCUT2D eigenvalue weighted by atomic mass is 10.0. The highest BCUT2D eigenvalue weighted by molar-refractivity contribution is 7.89. The Labute approximate surface area is 154 Å². The van der Waals surface area contributed by atoms with Gasteiger partial charge in [-0.05, 0) is 43.7 Å². The molecule has 3 rings (SSSR count). The molecule has 0 radical (unpaired) electrons. The summed E-state index contributed by atoms with van der Waals surface area (Å²) < 4.78 is 64.3. The number of benzene rings is 2. The highest BCUT2D eigenvalue weighted by atomic mass is 32.2. The standard InChI is InChI=1S/C18H16F3N3O2S/c1-11-5-3-4-6-15(11)16-12(2)17(18(19,20)21)23-24(16)13-7-9-14(10-8-13)27(22,25)26/h3-10H,1-2H3,(H2,22,25,26). The molecule has 0 aliphatic carbocycles. The van der Waals surface area contributed by atoms with Gasteiger partial charge in [-0.25, -0.2) is 18.2 Å². The fraction of sp³-hybridized carbons (Fsp3) is 0.167. The van der Waals surface area contributed by atoms with Gasteiger partial charge in [0.15, 0.2) is 5.69 Å². The van der Waals surface area contributed by atoms with Gasteiger partial charge in [0, 0.05) is 11.1 Å². The number of primary sulfonamides is 1. The third-order valence-electron chi connectivity index (χ3n) is 4.20. The van der Waals surface area contributed by atoms with Gasteiger partial charge in [0.05, 0.1) is 16.3 Å². The average Bonchev–Trinajstić information content (AvgIpc) is 2.92. The lowest BCUT2D eigenvalue weighted by molar-refractivity contribution is -0.141. The molecule has 0 bridgehead atoms. The predicted octanol–water partition coefficient (Wildman–Crippen LogP) is 3.82. The van der Waals surface area contributed by atoms with Crippen molar-refractivity contribution in [2.75, 3.05) is 0 Å². The topological polar surface area (TPSA) is 78.0 Å². The maximum atomic E-state index is 13.4. The number of nitrogens with two attached hydrogens (primary N) is 1. The molecule has 2 N–H and O–H groups in total. The Morgan fingerprint density at radius 1 is 1.00 bits per heavy atom. The minimum Gasteiger partial charge on any atom is -0.232 e. The van der Waals surface area contributed by atoms with Crippen LogP contribution in [-0.2, 0) is 16.2 Å². The fourth-order valence-electron chi connectivity index (χ4n) is 2.88. The van der Waals surface area contributed by atoms with Crippen LogP contribution in [0.2, 0.25) is 0 Å². The molecule has 0 saturated carbocycles. The summed E-state index contributed by atoms with van der Waals surface area (Å²) in [6.45, 7) is 3.16. The number of hydrogen-bond donors (Lipinski definition) is 1. The van der Waals surface area contributed by atoms with Gasteiger partial charge in [0.2, 0.25) is 10.0 Å². The highest BCUT2D eigenvalue weighted by Crippen LogP contribution is 2.38. The van der Waals surface area contributed by atoms with Crippen molar-refractivity contribution < 1.29 is 21.6 Å². The number of nitrogens with zero attached hydrogens (tertiary/aromatic N) is 2. The van der Waals surface area contributed by atoms with Gasteiger partial charge in [0.1, 0.15) is 0 Å². The lowest BCUT2D eigenvalue weighted by Gasteiger charge is -2.11. The number of hydrogen-bond acceptors (Lipinski definition) is 3. The van der Waals surface area contributed by atoms with E-state index in [1.54, 1.807) is 31.2 Å². The van der Waals surface area contributed by atoms with Crippen LogP contribution < -0.4 is 5.14 Å². The largest absolute Gasteiger partial charge is 0.435 e. The Bertz CT molecular complexity index is 1100. The number of rotatable bonds is 3. The van der Waals surface area contributed by atoms with Crippen molar-refractivity contribution in [3.05, 3.63) is 65.4 Å². The SMILES string of the molecule is Cc1ccccc1-c1c(C)c(C(F)(F)F)nn1-c1ccc(S(N)(=O)=O)cc1. The summed E-state index contributed by atoms with van der Waals surface area (Å²) in [6, 6.07) is 12.2. The second kappa shape index (κ2) is 6.50. The summed E-state index contributed by atoms with van der Waals surface area (Å²) in [6.07, 6.45) is -4.62. The maximum Gasteiger partial charge on any atom is 0.435 e. The first-order valence-corrected chi connectivity index (χ1v) is 9.41. The fourth-order valence-corrected chi connectivity index (χ4v) is 3.40. The molecule has 3 aromatic rings. The Kier molecular flexibility index (Phi) is 4.61. The van der Waals surface area contributed by atoms with E-state index in [0.717, 1.165) is 5.56 Å². The van der Waals surface area contributed by atoms with E-state index in [0.29, 0.717) is 16.9 Å². The van der Waals surface area contributed by atoms with Crippen LogP contribution in [0, 0.1) is 13.8 Å². The molecule has 27 heavy (non-hydrogen) atoms. The molecule has 0 saturated heterocycles. The summed E-state index contributed by atoms with van der Waals surface area (Å²) in [7, 11) is -3.91. The normalized spacial score (nSPS) is 12.4. The van der Waals surface area contributed by atoms with Crippen molar-refractivity contribution >= 4 is 10.0 Å². The Morgan fingerprint density at radius 3 is 2.11 bits per heavy atom. The number of sulfonamides is 1. The lowest BCUT2D eigenvalue weighted by Crippen LogP contribution is -2.12. The van der Waals surface area contributed by atoms with Gasteiger partial charge in [-0.15, -0.1) is 0 Å². The summed E-state index contributed by atoms with van der Waals surface area (Å²) in [5, 5.41) is 8.84. The highest BCUT2D eigenvalue weighted by Gasteiger charge is 2.38. The quantitative estimate of drug-likeness (QED) is 0.732. The molecule has 1 heterocycles.